The summed E-state index contributed by atoms with van der Waals surface area (Å²) in [5, 5.41) is 11.2. The van der Waals surface area contributed by atoms with E-state index in [2.05, 4.69) is 0 Å². The van der Waals surface area contributed by atoms with E-state index in [4.69, 9.17) is 9.47 Å². The number of amides is 1. The second-order valence-corrected chi connectivity index (χ2v) is 6.97. The highest BCUT2D eigenvalue weighted by molar-refractivity contribution is 5.74. The number of fused-ring (bicyclic) bond motifs is 1. The van der Waals surface area contributed by atoms with Gasteiger partial charge in [-0.1, -0.05) is 12.8 Å². The molecule has 0 bridgehead atoms. The van der Waals surface area contributed by atoms with Gasteiger partial charge >= 0.3 is 0 Å². The van der Waals surface area contributed by atoms with E-state index in [0.29, 0.717) is 13.0 Å². The Kier molecular flexibility index (Phi) is 4.72. The van der Waals surface area contributed by atoms with E-state index in [1.165, 1.54) is 0 Å². The second-order valence-electron chi connectivity index (χ2n) is 6.97. The zero-order valence-electron chi connectivity index (χ0n) is 14.7. The van der Waals surface area contributed by atoms with Crippen molar-refractivity contribution in [1.29, 1.82) is 0 Å². The van der Waals surface area contributed by atoms with Crippen LogP contribution in [0.5, 0.6) is 11.5 Å². The molecular formula is C19H27NO4. The predicted octanol–water partition coefficient (Wildman–Crippen LogP) is 2.92. The fraction of sp³-hybridized carbons (Fsp3) is 0.632. The summed E-state index contributed by atoms with van der Waals surface area (Å²) in [6.07, 6.45) is 4.52. The molecule has 2 aliphatic rings. The molecule has 1 aromatic carbocycles. The molecule has 0 radical (unpaired) electrons. The SMILES string of the molecule is COc1ccc(OC)c([C@H]2[C@@H]3CCCC[C@@]3(O)CCN2C(C)=O)c1. The van der Waals surface area contributed by atoms with Gasteiger partial charge < -0.3 is 19.5 Å². The van der Waals surface area contributed by atoms with Crippen LogP contribution in [0.2, 0.25) is 0 Å². The lowest BCUT2D eigenvalue weighted by atomic mass is 9.66. The van der Waals surface area contributed by atoms with Gasteiger partial charge in [-0.15, -0.1) is 0 Å². The van der Waals surface area contributed by atoms with Crippen LogP contribution in [0.3, 0.4) is 0 Å². The summed E-state index contributed by atoms with van der Waals surface area (Å²) in [5.74, 6) is 1.54. The molecule has 1 aromatic rings. The lowest BCUT2D eigenvalue weighted by Crippen LogP contribution is -2.55. The third kappa shape index (κ3) is 2.86. The number of nitrogens with zero attached hydrogens (tertiary/aromatic N) is 1. The van der Waals surface area contributed by atoms with E-state index in [1.54, 1.807) is 21.1 Å². The van der Waals surface area contributed by atoms with E-state index in [9.17, 15) is 9.90 Å². The molecular weight excluding hydrogens is 306 g/mol. The Hall–Kier alpha value is -1.75. The Morgan fingerprint density at radius 2 is 2.04 bits per heavy atom. The molecule has 1 saturated carbocycles. The Balaban J connectivity index is 2.10. The van der Waals surface area contributed by atoms with Crippen LogP contribution in [0, 0.1) is 5.92 Å². The molecule has 1 aliphatic carbocycles. The van der Waals surface area contributed by atoms with Crippen molar-refractivity contribution in [2.24, 2.45) is 5.92 Å². The van der Waals surface area contributed by atoms with Crippen molar-refractivity contribution >= 4 is 5.91 Å². The second kappa shape index (κ2) is 6.63. The number of carbonyl (C=O) groups is 1. The minimum atomic E-state index is -0.692. The van der Waals surface area contributed by atoms with Gasteiger partial charge in [0.1, 0.15) is 11.5 Å². The molecule has 2 fully saturated rings. The van der Waals surface area contributed by atoms with Crippen LogP contribution >= 0.6 is 0 Å². The molecule has 132 valence electrons. The van der Waals surface area contributed by atoms with Crippen molar-refractivity contribution in [2.45, 2.75) is 50.7 Å². The molecule has 0 unspecified atom stereocenters. The minimum Gasteiger partial charge on any atom is -0.497 e. The molecule has 1 amide bonds. The van der Waals surface area contributed by atoms with Gasteiger partial charge in [-0.25, -0.2) is 0 Å². The maximum absolute atomic E-state index is 12.3. The maximum atomic E-state index is 12.3. The quantitative estimate of drug-likeness (QED) is 0.924. The van der Waals surface area contributed by atoms with E-state index in [0.717, 1.165) is 42.7 Å². The van der Waals surface area contributed by atoms with Crippen molar-refractivity contribution in [3.05, 3.63) is 23.8 Å². The molecule has 5 heteroatoms. The Morgan fingerprint density at radius 3 is 2.71 bits per heavy atom. The Labute approximate surface area is 143 Å². The number of rotatable bonds is 3. The van der Waals surface area contributed by atoms with Crippen LogP contribution in [0.15, 0.2) is 18.2 Å². The van der Waals surface area contributed by atoms with E-state index < -0.39 is 5.60 Å². The molecule has 1 N–H and O–H groups in total. The fourth-order valence-corrected chi connectivity index (χ4v) is 4.49. The average Bonchev–Trinajstić information content (AvgIpc) is 2.59. The van der Waals surface area contributed by atoms with Gasteiger partial charge in [0, 0.05) is 24.9 Å². The highest BCUT2D eigenvalue weighted by Gasteiger charge is 2.50. The monoisotopic (exact) mass is 333 g/mol. The summed E-state index contributed by atoms with van der Waals surface area (Å²) in [6, 6.07) is 5.51. The standard InChI is InChI=1S/C19H27NO4/c1-13(21)20-11-10-19(22)9-5-4-6-16(19)18(20)15-12-14(23-2)7-8-17(15)24-3/h7-8,12,16,18,22H,4-6,9-11H2,1-3H3/t16-,18-,19+/m0/s1. The predicted molar refractivity (Wildman–Crippen MR) is 91.2 cm³/mol. The van der Waals surface area contributed by atoms with Crippen LogP contribution in [0.25, 0.3) is 0 Å². The van der Waals surface area contributed by atoms with Gasteiger partial charge in [0.25, 0.3) is 0 Å². The smallest absolute Gasteiger partial charge is 0.219 e. The van der Waals surface area contributed by atoms with Crippen LogP contribution in [-0.4, -0.2) is 42.3 Å². The number of hydrogen-bond acceptors (Lipinski definition) is 4. The summed E-state index contributed by atoms with van der Waals surface area (Å²) >= 11 is 0. The molecule has 3 rings (SSSR count). The number of benzene rings is 1. The number of piperidine rings is 1. The van der Waals surface area contributed by atoms with Crippen molar-refractivity contribution in [2.75, 3.05) is 20.8 Å². The van der Waals surface area contributed by atoms with Gasteiger partial charge in [0.15, 0.2) is 0 Å². The fourth-order valence-electron chi connectivity index (χ4n) is 4.49. The van der Waals surface area contributed by atoms with Crippen LogP contribution in [-0.2, 0) is 4.79 Å². The van der Waals surface area contributed by atoms with Gasteiger partial charge in [-0.3, -0.25) is 4.79 Å². The normalized spacial score (nSPS) is 29.8. The van der Waals surface area contributed by atoms with Crippen LogP contribution in [0.4, 0.5) is 0 Å². The molecule has 1 saturated heterocycles. The zero-order valence-corrected chi connectivity index (χ0v) is 14.7. The van der Waals surface area contributed by atoms with Gasteiger partial charge in [0.2, 0.25) is 5.91 Å². The summed E-state index contributed by atoms with van der Waals surface area (Å²) < 4.78 is 10.9. The topological polar surface area (TPSA) is 59.0 Å². The summed E-state index contributed by atoms with van der Waals surface area (Å²) in [7, 11) is 3.27. The molecule has 1 aliphatic heterocycles. The summed E-state index contributed by atoms with van der Waals surface area (Å²) in [4.78, 5) is 14.2. The number of likely N-dealkylation sites (tertiary alicyclic amines) is 1. The first-order valence-corrected chi connectivity index (χ1v) is 8.71. The lowest BCUT2D eigenvalue weighted by molar-refractivity contribution is -0.153. The van der Waals surface area contributed by atoms with Crippen molar-refractivity contribution < 1.29 is 19.4 Å². The first-order chi connectivity index (χ1) is 11.5. The van der Waals surface area contributed by atoms with Gasteiger partial charge in [-0.2, -0.15) is 0 Å². The van der Waals surface area contributed by atoms with Crippen LogP contribution < -0.4 is 9.47 Å². The van der Waals surface area contributed by atoms with E-state index in [-0.39, 0.29) is 17.9 Å². The Morgan fingerprint density at radius 1 is 1.25 bits per heavy atom. The summed E-state index contributed by atoms with van der Waals surface area (Å²) in [5.41, 5.74) is 0.236. The first-order valence-electron chi connectivity index (χ1n) is 8.71. The Bertz CT molecular complexity index is 617. The van der Waals surface area contributed by atoms with Crippen LogP contribution in [0.1, 0.15) is 50.6 Å². The molecule has 0 aromatic heterocycles. The van der Waals surface area contributed by atoms with Crippen molar-refractivity contribution in [3.8, 4) is 11.5 Å². The van der Waals surface area contributed by atoms with Crippen molar-refractivity contribution in [3.63, 3.8) is 0 Å². The number of hydrogen-bond donors (Lipinski definition) is 1. The number of aliphatic hydroxyl groups is 1. The highest BCUT2D eigenvalue weighted by atomic mass is 16.5. The van der Waals surface area contributed by atoms with E-state index in [1.807, 2.05) is 23.1 Å². The number of ether oxygens (including phenoxy) is 2. The average molecular weight is 333 g/mol. The third-order valence-electron chi connectivity index (χ3n) is 5.73. The summed E-state index contributed by atoms with van der Waals surface area (Å²) in [6.45, 7) is 2.18. The largest absolute Gasteiger partial charge is 0.497 e. The minimum absolute atomic E-state index is 0.0323. The molecule has 0 spiro atoms. The molecule has 1 heterocycles. The third-order valence-corrected chi connectivity index (χ3v) is 5.73. The molecule has 5 nitrogen and oxygen atoms in total. The lowest BCUT2D eigenvalue weighted by Gasteiger charge is -2.52. The zero-order chi connectivity index (χ0) is 17.3. The molecule has 24 heavy (non-hydrogen) atoms. The van der Waals surface area contributed by atoms with Gasteiger partial charge in [-0.05, 0) is 37.5 Å². The van der Waals surface area contributed by atoms with E-state index >= 15 is 0 Å². The van der Waals surface area contributed by atoms with Gasteiger partial charge in [0.05, 0.1) is 25.9 Å². The number of carbonyl (C=O) groups excluding carboxylic acids is 1. The van der Waals surface area contributed by atoms with Crippen molar-refractivity contribution in [1.82, 2.24) is 4.90 Å². The molecule has 3 atom stereocenters. The first kappa shape index (κ1) is 17.1. The maximum Gasteiger partial charge on any atom is 0.219 e. The highest BCUT2D eigenvalue weighted by Crippen LogP contribution is 2.51. The number of methoxy groups -OCH3 is 2.